The van der Waals surface area contributed by atoms with E-state index in [1.54, 1.807) is 7.11 Å². The van der Waals surface area contributed by atoms with Crippen LogP contribution in [0.15, 0.2) is 29.4 Å². The van der Waals surface area contributed by atoms with Crippen molar-refractivity contribution in [2.24, 2.45) is 7.05 Å². The molecule has 0 spiro atoms. The number of thioether (sulfide) groups is 1. The molecule has 1 amide bonds. The summed E-state index contributed by atoms with van der Waals surface area (Å²) in [6, 6.07) is 9.84. The summed E-state index contributed by atoms with van der Waals surface area (Å²) in [5.41, 5.74) is 0.234. The normalized spacial score (nSPS) is 15.4. The minimum absolute atomic E-state index is 0.146. The van der Waals surface area contributed by atoms with Crippen LogP contribution in [0.3, 0.4) is 0 Å². The van der Waals surface area contributed by atoms with Crippen LogP contribution in [-0.4, -0.2) is 39.1 Å². The number of nitrogens with one attached hydrogen (secondary N) is 1. The van der Waals surface area contributed by atoms with Gasteiger partial charge in [-0.2, -0.15) is 5.26 Å². The largest absolute Gasteiger partial charge is 0.497 e. The summed E-state index contributed by atoms with van der Waals surface area (Å²) >= 11 is 1.31. The van der Waals surface area contributed by atoms with Crippen molar-refractivity contribution < 1.29 is 9.53 Å². The van der Waals surface area contributed by atoms with Gasteiger partial charge in [-0.15, -0.1) is 10.2 Å². The summed E-state index contributed by atoms with van der Waals surface area (Å²) in [6.45, 7) is 0. The highest BCUT2D eigenvalue weighted by molar-refractivity contribution is 7.99. The monoisotopic (exact) mass is 371 g/mol. The number of hydrogen-bond acceptors (Lipinski definition) is 6. The zero-order valence-corrected chi connectivity index (χ0v) is 15.7. The van der Waals surface area contributed by atoms with E-state index in [0.717, 1.165) is 42.8 Å². The van der Waals surface area contributed by atoms with Gasteiger partial charge in [0.2, 0.25) is 5.91 Å². The summed E-state index contributed by atoms with van der Waals surface area (Å²) in [4.78, 5) is 12.2. The van der Waals surface area contributed by atoms with Crippen LogP contribution in [0.2, 0.25) is 0 Å². The Hall–Kier alpha value is -2.53. The second-order valence-electron chi connectivity index (χ2n) is 6.33. The first-order valence-electron chi connectivity index (χ1n) is 8.46. The number of nitriles is 1. The van der Waals surface area contributed by atoms with E-state index in [9.17, 15) is 10.1 Å². The molecule has 1 aromatic heterocycles. The number of hydrogen-bond donors (Lipinski definition) is 1. The number of carbonyl (C=O) groups excluding carboxylic acids is 1. The van der Waals surface area contributed by atoms with Gasteiger partial charge in [-0.3, -0.25) is 4.79 Å². The van der Waals surface area contributed by atoms with E-state index in [-0.39, 0.29) is 11.7 Å². The first-order valence-corrected chi connectivity index (χ1v) is 9.44. The fourth-order valence-corrected chi connectivity index (χ4v) is 3.82. The van der Waals surface area contributed by atoms with Crippen LogP contribution in [0, 0.1) is 11.3 Å². The maximum atomic E-state index is 12.2. The van der Waals surface area contributed by atoms with Crippen LogP contribution < -0.4 is 10.1 Å². The second kappa shape index (κ2) is 7.79. The molecule has 1 aliphatic carbocycles. The molecule has 2 aromatic rings. The topological polar surface area (TPSA) is 92.8 Å². The SMILES string of the molecule is COc1ccc(-c2nnc(SCC(=O)NC3(C#N)CCCC3)n2C)cc1. The van der Waals surface area contributed by atoms with Crippen molar-refractivity contribution in [3.05, 3.63) is 24.3 Å². The van der Waals surface area contributed by atoms with E-state index in [1.165, 1.54) is 11.8 Å². The number of nitrogens with zero attached hydrogens (tertiary/aromatic N) is 4. The van der Waals surface area contributed by atoms with Crippen LogP contribution in [-0.2, 0) is 11.8 Å². The van der Waals surface area contributed by atoms with Crippen molar-refractivity contribution in [3.8, 4) is 23.2 Å². The second-order valence-corrected chi connectivity index (χ2v) is 7.27. The highest BCUT2D eigenvalue weighted by Gasteiger charge is 2.35. The molecular formula is C18H21N5O2S. The van der Waals surface area contributed by atoms with Gasteiger partial charge in [0, 0.05) is 12.6 Å². The maximum Gasteiger partial charge on any atom is 0.231 e. The Labute approximate surface area is 156 Å². The van der Waals surface area contributed by atoms with Gasteiger partial charge in [-0.1, -0.05) is 11.8 Å². The van der Waals surface area contributed by atoms with Crippen molar-refractivity contribution in [1.82, 2.24) is 20.1 Å². The lowest BCUT2D eigenvalue weighted by atomic mass is 10.0. The number of methoxy groups -OCH3 is 1. The molecule has 8 heteroatoms. The summed E-state index contributed by atoms with van der Waals surface area (Å²) in [5, 5.41) is 21.3. The number of rotatable bonds is 6. The molecule has 0 saturated heterocycles. The average Bonchev–Trinajstić information content (AvgIpc) is 3.27. The molecule has 3 rings (SSSR count). The fourth-order valence-electron chi connectivity index (χ4n) is 3.11. The van der Waals surface area contributed by atoms with Gasteiger partial charge in [-0.25, -0.2) is 0 Å². The van der Waals surface area contributed by atoms with Crippen LogP contribution in [0.25, 0.3) is 11.4 Å². The Balaban J connectivity index is 1.63. The third-order valence-electron chi connectivity index (χ3n) is 4.57. The average molecular weight is 371 g/mol. The zero-order chi connectivity index (χ0) is 18.6. The van der Waals surface area contributed by atoms with Crippen LogP contribution in [0.4, 0.5) is 0 Å². The molecular weight excluding hydrogens is 350 g/mol. The molecule has 1 aliphatic rings. The molecule has 1 aromatic carbocycles. The Morgan fingerprint density at radius 1 is 1.35 bits per heavy atom. The predicted octanol–water partition coefficient (Wildman–Crippen LogP) is 2.54. The molecule has 7 nitrogen and oxygen atoms in total. The molecule has 1 fully saturated rings. The lowest BCUT2D eigenvalue weighted by Gasteiger charge is -2.21. The predicted molar refractivity (Wildman–Crippen MR) is 98.7 cm³/mol. The molecule has 0 unspecified atom stereocenters. The van der Waals surface area contributed by atoms with E-state index < -0.39 is 5.54 Å². The van der Waals surface area contributed by atoms with Gasteiger partial charge in [0.05, 0.1) is 18.9 Å². The van der Waals surface area contributed by atoms with E-state index in [1.807, 2.05) is 35.9 Å². The van der Waals surface area contributed by atoms with Gasteiger partial charge >= 0.3 is 0 Å². The lowest BCUT2D eigenvalue weighted by molar-refractivity contribution is -0.119. The van der Waals surface area contributed by atoms with E-state index in [2.05, 4.69) is 21.6 Å². The maximum absolute atomic E-state index is 12.2. The van der Waals surface area contributed by atoms with Crippen molar-refractivity contribution in [3.63, 3.8) is 0 Å². The van der Waals surface area contributed by atoms with Crippen molar-refractivity contribution in [2.75, 3.05) is 12.9 Å². The Morgan fingerprint density at radius 3 is 2.65 bits per heavy atom. The smallest absolute Gasteiger partial charge is 0.231 e. The van der Waals surface area contributed by atoms with Gasteiger partial charge in [0.1, 0.15) is 11.3 Å². The Kier molecular flexibility index (Phi) is 5.47. The van der Waals surface area contributed by atoms with E-state index in [4.69, 9.17) is 4.74 Å². The van der Waals surface area contributed by atoms with Crippen molar-refractivity contribution in [1.29, 1.82) is 5.26 Å². The standard InChI is InChI=1S/C18H21N5O2S/c1-23-16(13-5-7-14(25-2)8-6-13)21-22-17(23)26-11-15(24)20-18(12-19)9-3-4-10-18/h5-8H,3-4,9-11H2,1-2H3,(H,20,24). The fraction of sp³-hybridized carbons (Fsp3) is 0.444. The van der Waals surface area contributed by atoms with Gasteiger partial charge in [-0.05, 0) is 49.9 Å². The first kappa shape index (κ1) is 18.3. The zero-order valence-electron chi connectivity index (χ0n) is 14.9. The number of carbonyl (C=O) groups is 1. The molecule has 136 valence electrons. The number of amides is 1. The summed E-state index contributed by atoms with van der Waals surface area (Å²) in [6.07, 6.45) is 3.42. The molecule has 0 radical (unpaired) electrons. The van der Waals surface area contributed by atoms with Crippen molar-refractivity contribution >= 4 is 17.7 Å². The summed E-state index contributed by atoms with van der Waals surface area (Å²) in [7, 11) is 3.49. The third kappa shape index (κ3) is 3.83. The number of aromatic nitrogens is 3. The molecule has 1 heterocycles. The summed E-state index contributed by atoms with van der Waals surface area (Å²) < 4.78 is 7.02. The molecule has 1 N–H and O–H groups in total. The molecule has 0 atom stereocenters. The van der Waals surface area contributed by atoms with Gasteiger partial charge in [0.15, 0.2) is 11.0 Å². The van der Waals surface area contributed by atoms with E-state index >= 15 is 0 Å². The van der Waals surface area contributed by atoms with Gasteiger partial charge in [0.25, 0.3) is 0 Å². The highest BCUT2D eigenvalue weighted by Crippen LogP contribution is 2.29. The first-order chi connectivity index (χ1) is 12.6. The van der Waals surface area contributed by atoms with Crippen LogP contribution in [0.5, 0.6) is 5.75 Å². The molecule has 26 heavy (non-hydrogen) atoms. The highest BCUT2D eigenvalue weighted by atomic mass is 32.2. The number of benzene rings is 1. The van der Waals surface area contributed by atoms with Crippen LogP contribution in [0.1, 0.15) is 25.7 Å². The molecule has 0 bridgehead atoms. The Morgan fingerprint density at radius 2 is 2.04 bits per heavy atom. The minimum atomic E-state index is -0.689. The third-order valence-corrected chi connectivity index (χ3v) is 5.59. The lowest BCUT2D eigenvalue weighted by Crippen LogP contribution is -2.45. The number of ether oxygens (including phenoxy) is 1. The van der Waals surface area contributed by atoms with Crippen LogP contribution >= 0.6 is 11.8 Å². The van der Waals surface area contributed by atoms with Gasteiger partial charge < -0.3 is 14.6 Å². The quantitative estimate of drug-likeness (QED) is 0.785. The van der Waals surface area contributed by atoms with Crippen molar-refractivity contribution in [2.45, 2.75) is 36.4 Å². The molecule has 0 aliphatic heterocycles. The summed E-state index contributed by atoms with van der Waals surface area (Å²) in [5.74, 6) is 1.56. The Bertz CT molecular complexity index is 819. The van der Waals surface area contributed by atoms with E-state index in [0.29, 0.717) is 5.16 Å². The minimum Gasteiger partial charge on any atom is -0.497 e. The molecule has 1 saturated carbocycles.